The summed E-state index contributed by atoms with van der Waals surface area (Å²) in [5.41, 5.74) is 3.40. The molecular weight excluding hydrogens is 148 g/mol. The van der Waals surface area contributed by atoms with Crippen LogP contribution in [0.2, 0.25) is 0 Å². The average Bonchev–Trinajstić information content (AvgIpc) is 2.08. The molecule has 0 aliphatic heterocycles. The van der Waals surface area contributed by atoms with Crippen LogP contribution in [-0.4, -0.2) is 5.11 Å². The lowest BCUT2D eigenvalue weighted by molar-refractivity contribution is 0.280. The summed E-state index contributed by atoms with van der Waals surface area (Å²) in [5, 5.41) is 8.90. The number of hydrogen-bond donors (Lipinski definition) is 1. The topological polar surface area (TPSA) is 20.2 Å². The Morgan fingerprint density at radius 2 is 1.50 bits per heavy atom. The minimum Gasteiger partial charge on any atom is -0.392 e. The fourth-order valence-corrected chi connectivity index (χ4v) is 1.10. The van der Waals surface area contributed by atoms with E-state index in [0.29, 0.717) is 0 Å². The van der Waals surface area contributed by atoms with Gasteiger partial charge in [-0.1, -0.05) is 32.0 Å². The van der Waals surface area contributed by atoms with Gasteiger partial charge < -0.3 is 5.11 Å². The highest BCUT2D eigenvalue weighted by molar-refractivity contribution is 5.32. The molecule has 0 spiro atoms. The van der Waals surface area contributed by atoms with Gasteiger partial charge in [-0.05, 0) is 30.5 Å². The van der Waals surface area contributed by atoms with Gasteiger partial charge in [-0.3, -0.25) is 0 Å². The summed E-state index contributed by atoms with van der Waals surface area (Å²) < 4.78 is 0. The molecule has 1 aromatic carbocycles. The molecule has 0 unspecified atom stereocenters. The second kappa shape index (κ2) is 5.78. The molecule has 0 aromatic heterocycles. The molecule has 1 N–H and O–H groups in total. The molecule has 0 aliphatic carbocycles. The van der Waals surface area contributed by atoms with Gasteiger partial charge in [0.2, 0.25) is 0 Å². The first-order valence-corrected chi connectivity index (χ1v) is 4.41. The first kappa shape index (κ1) is 11.2. The summed E-state index contributed by atoms with van der Waals surface area (Å²) >= 11 is 0. The van der Waals surface area contributed by atoms with E-state index in [-0.39, 0.29) is 6.61 Å². The molecule has 0 atom stereocenters. The van der Waals surface area contributed by atoms with Crippen molar-refractivity contribution in [1.29, 1.82) is 0 Å². The van der Waals surface area contributed by atoms with Crippen LogP contribution < -0.4 is 0 Å². The van der Waals surface area contributed by atoms with Gasteiger partial charge in [0.25, 0.3) is 0 Å². The van der Waals surface area contributed by atoms with Crippen molar-refractivity contribution in [2.45, 2.75) is 34.3 Å². The second-order valence-corrected chi connectivity index (χ2v) is 2.53. The van der Waals surface area contributed by atoms with Crippen LogP contribution >= 0.6 is 0 Å². The molecular formula is C11H18O. The van der Waals surface area contributed by atoms with Gasteiger partial charge in [0.05, 0.1) is 6.61 Å². The third-order valence-electron chi connectivity index (χ3n) is 1.80. The highest BCUT2D eigenvalue weighted by Crippen LogP contribution is 2.11. The molecule has 1 rings (SSSR count). The molecule has 0 heterocycles. The van der Waals surface area contributed by atoms with E-state index in [1.165, 1.54) is 11.1 Å². The summed E-state index contributed by atoms with van der Waals surface area (Å²) in [6.07, 6.45) is 0. The Hall–Kier alpha value is -0.820. The number of aliphatic hydroxyl groups excluding tert-OH is 1. The molecule has 0 fully saturated rings. The summed E-state index contributed by atoms with van der Waals surface area (Å²) in [4.78, 5) is 0. The quantitative estimate of drug-likeness (QED) is 0.680. The zero-order valence-corrected chi connectivity index (χ0v) is 8.39. The molecule has 1 aromatic rings. The number of rotatable bonds is 1. The molecule has 1 heteroatoms. The minimum absolute atomic E-state index is 0.151. The third kappa shape index (κ3) is 2.67. The van der Waals surface area contributed by atoms with Gasteiger partial charge in [0.15, 0.2) is 0 Å². The van der Waals surface area contributed by atoms with Crippen molar-refractivity contribution >= 4 is 0 Å². The zero-order chi connectivity index (χ0) is 9.56. The van der Waals surface area contributed by atoms with Crippen molar-refractivity contribution < 1.29 is 5.11 Å². The van der Waals surface area contributed by atoms with Gasteiger partial charge in [0, 0.05) is 0 Å². The summed E-state index contributed by atoms with van der Waals surface area (Å²) in [6, 6.07) is 6.03. The molecule has 0 radical (unpaired) electrons. The number of benzene rings is 1. The average molecular weight is 166 g/mol. The van der Waals surface area contributed by atoms with E-state index in [4.69, 9.17) is 5.11 Å². The lowest BCUT2D eigenvalue weighted by Crippen LogP contribution is -1.91. The Morgan fingerprint density at radius 3 is 1.75 bits per heavy atom. The molecule has 1 nitrogen and oxygen atoms in total. The Morgan fingerprint density at radius 1 is 1.08 bits per heavy atom. The lowest BCUT2D eigenvalue weighted by atomic mass is 10.0. The van der Waals surface area contributed by atoms with Gasteiger partial charge in [-0.2, -0.15) is 0 Å². The monoisotopic (exact) mass is 166 g/mol. The smallest absolute Gasteiger partial charge is 0.0686 e. The lowest BCUT2D eigenvalue weighted by Gasteiger charge is -2.04. The Bertz CT molecular complexity index is 208. The zero-order valence-electron chi connectivity index (χ0n) is 8.39. The van der Waals surface area contributed by atoms with Crippen molar-refractivity contribution in [3.05, 3.63) is 34.9 Å². The van der Waals surface area contributed by atoms with Gasteiger partial charge >= 0.3 is 0 Å². The van der Waals surface area contributed by atoms with E-state index >= 15 is 0 Å². The van der Waals surface area contributed by atoms with E-state index in [1.54, 1.807) is 0 Å². The normalized spacial score (nSPS) is 8.75. The fraction of sp³-hybridized carbons (Fsp3) is 0.455. The van der Waals surface area contributed by atoms with Crippen LogP contribution in [0.1, 0.15) is 30.5 Å². The Labute approximate surface area is 75.1 Å². The minimum atomic E-state index is 0.151. The first-order chi connectivity index (χ1) is 5.75. The van der Waals surface area contributed by atoms with Crippen molar-refractivity contribution in [3.8, 4) is 0 Å². The number of hydrogen-bond acceptors (Lipinski definition) is 1. The van der Waals surface area contributed by atoms with Crippen LogP contribution in [0, 0.1) is 13.8 Å². The van der Waals surface area contributed by atoms with Gasteiger partial charge in [0.1, 0.15) is 0 Å². The van der Waals surface area contributed by atoms with Gasteiger partial charge in [-0.15, -0.1) is 0 Å². The maximum atomic E-state index is 8.90. The third-order valence-corrected chi connectivity index (χ3v) is 1.80. The van der Waals surface area contributed by atoms with Crippen molar-refractivity contribution in [2.24, 2.45) is 0 Å². The second-order valence-electron chi connectivity index (χ2n) is 2.53. The predicted octanol–water partition coefficient (Wildman–Crippen LogP) is 2.82. The van der Waals surface area contributed by atoms with Crippen LogP contribution in [0.15, 0.2) is 18.2 Å². The Kier molecular flexibility index (Phi) is 5.39. The van der Waals surface area contributed by atoms with E-state index in [1.807, 2.05) is 45.9 Å². The van der Waals surface area contributed by atoms with Crippen molar-refractivity contribution in [3.63, 3.8) is 0 Å². The summed E-state index contributed by atoms with van der Waals surface area (Å²) in [6.45, 7) is 8.18. The maximum Gasteiger partial charge on any atom is 0.0686 e. The molecule has 0 bridgehead atoms. The molecule has 12 heavy (non-hydrogen) atoms. The molecule has 0 saturated carbocycles. The summed E-state index contributed by atoms with van der Waals surface area (Å²) in [7, 11) is 0. The number of aryl methyl sites for hydroxylation is 2. The largest absolute Gasteiger partial charge is 0.392 e. The standard InChI is InChI=1S/C9H12O.C2H6/c1-7-4-3-5-8(2)9(7)6-10;1-2/h3-5,10H,6H2,1-2H3;1-2H3. The molecule has 0 saturated heterocycles. The molecule has 68 valence electrons. The van der Waals surface area contributed by atoms with Crippen LogP contribution in [-0.2, 0) is 6.61 Å². The van der Waals surface area contributed by atoms with E-state index in [0.717, 1.165) is 5.56 Å². The van der Waals surface area contributed by atoms with Crippen molar-refractivity contribution in [2.75, 3.05) is 0 Å². The van der Waals surface area contributed by atoms with Crippen LogP contribution in [0.4, 0.5) is 0 Å². The van der Waals surface area contributed by atoms with Crippen LogP contribution in [0.3, 0.4) is 0 Å². The van der Waals surface area contributed by atoms with Crippen LogP contribution in [0.5, 0.6) is 0 Å². The SMILES string of the molecule is CC.Cc1cccc(C)c1CO. The summed E-state index contributed by atoms with van der Waals surface area (Å²) in [5.74, 6) is 0. The maximum absolute atomic E-state index is 8.90. The highest BCUT2D eigenvalue weighted by Gasteiger charge is 1.97. The van der Waals surface area contributed by atoms with E-state index in [9.17, 15) is 0 Å². The highest BCUT2D eigenvalue weighted by atomic mass is 16.3. The van der Waals surface area contributed by atoms with Crippen molar-refractivity contribution in [1.82, 2.24) is 0 Å². The number of aliphatic hydroxyl groups is 1. The Balaban J connectivity index is 0.000000561. The predicted molar refractivity (Wildman–Crippen MR) is 53.2 cm³/mol. The first-order valence-electron chi connectivity index (χ1n) is 4.41. The van der Waals surface area contributed by atoms with Crippen LogP contribution in [0.25, 0.3) is 0 Å². The molecule has 0 amide bonds. The van der Waals surface area contributed by atoms with E-state index < -0.39 is 0 Å². The molecule has 0 aliphatic rings. The van der Waals surface area contributed by atoms with E-state index in [2.05, 4.69) is 0 Å². The fourth-order valence-electron chi connectivity index (χ4n) is 1.10. The van der Waals surface area contributed by atoms with Gasteiger partial charge in [-0.25, -0.2) is 0 Å².